The fourth-order valence-electron chi connectivity index (χ4n) is 2.97. The highest BCUT2D eigenvalue weighted by Crippen LogP contribution is 2.41. The summed E-state index contributed by atoms with van der Waals surface area (Å²) in [6.45, 7) is 0.925. The fourth-order valence-corrected chi connectivity index (χ4v) is 2.97. The Kier molecular flexibility index (Phi) is 5.26. The Morgan fingerprint density at radius 2 is 2.05 bits per heavy atom. The molecule has 0 bridgehead atoms. The minimum absolute atomic E-state index is 0.0538. The number of rotatable bonds is 6. The van der Waals surface area contributed by atoms with Crippen molar-refractivity contribution in [1.82, 2.24) is 5.32 Å². The van der Waals surface area contributed by atoms with Gasteiger partial charge >= 0.3 is 0 Å². The van der Waals surface area contributed by atoms with E-state index in [0.717, 1.165) is 37.3 Å². The predicted molar refractivity (Wildman–Crippen MR) is 84.1 cm³/mol. The van der Waals surface area contributed by atoms with E-state index in [2.05, 4.69) is 23.5 Å². The van der Waals surface area contributed by atoms with Crippen molar-refractivity contribution >= 4 is 0 Å². The van der Waals surface area contributed by atoms with Crippen molar-refractivity contribution < 1.29 is 14.6 Å². The molecule has 0 heterocycles. The average molecular weight is 291 g/mol. The normalized spacial score (nSPS) is 24.9. The highest BCUT2D eigenvalue weighted by Gasteiger charge is 2.32. The summed E-state index contributed by atoms with van der Waals surface area (Å²) in [5, 5.41) is 13.0. The average Bonchev–Trinajstić information content (AvgIpc) is 2.54. The first-order chi connectivity index (χ1) is 10.1. The van der Waals surface area contributed by atoms with Crippen LogP contribution in [0.2, 0.25) is 0 Å². The van der Waals surface area contributed by atoms with Crippen molar-refractivity contribution in [2.24, 2.45) is 0 Å². The Morgan fingerprint density at radius 1 is 1.29 bits per heavy atom. The first-order valence-electron chi connectivity index (χ1n) is 7.40. The van der Waals surface area contributed by atoms with E-state index in [9.17, 15) is 5.11 Å². The Morgan fingerprint density at radius 3 is 2.62 bits per heavy atom. The van der Waals surface area contributed by atoms with E-state index >= 15 is 0 Å². The number of hydrogen-bond acceptors (Lipinski definition) is 4. The lowest BCUT2D eigenvalue weighted by Crippen LogP contribution is -2.32. The molecule has 1 aromatic rings. The Balaban J connectivity index is 2.39. The molecular weight excluding hydrogens is 266 g/mol. The van der Waals surface area contributed by atoms with Gasteiger partial charge in [0.05, 0.1) is 20.3 Å². The summed E-state index contributed by atoms with van der Waals surface area (Å²) in [6.07, 6.45) is 6.45. The second-order valence-electron chi connectivity index (χ2n) is 5.54. The second-order valence-corrected chi connectivity index (χ2v) is 5.54. The van der Waals surface area contributed by atoms with E-state index in [1.54, 1.807) is 14.2 Å². The van der Waals surface area contributed by atoms with Crippen LogP contribution >= 0.6 is 0 Å². The molecule has 0 aromatic heterocycles. The van der Waals surface area contributed by atoms with Crippen LogP contribution in [0.25, 0.3) is 0 Å². The highest BCUT2D eigenvalue weighted by molar-refractivity contribution is 5.47. The van der Waals surface area contributed by atoms with Crippen LogP contribution in [0.3, 0.4) is 0 Å². The standard InChI is InChI=1S/C17H25NO3/c1-18-11-10-17(8-6-14(19)7-9-17)13-4-5-15(20-2)16(12-13)21-3/h4-6,8,12,14,18-19H,7,9-11H2,1-3H3/t14-,17-/m0/s1. The zero-order valence-corrected chi connectivity index (χ0v) is 13.1. The maximum absolute atomic E-state index is 9.75. The second kappa shape index (κ2) is 6.96. The Labute approximate surface area is 126 Å². The van der Waals surface area contributed by atoms with Crippen LogP contribution in [0, 0.1) is 0 Å². The lowest BCUT2D eigenvalue weighted by atomic mass is 9.70. The van der Waals surface area contributed by atoms with Crippen LogP contribution in [0.15, 0.2) is 30.4 Å². The van der Waals surface area contributed by atoms with Crippen LogP contribution in [0.4, 0.5) is 0 Å². The lowest BCUT2D eigenvalue weighted by molar-refractivity contribution is 0.186. The molecule has 4 nitrogen and oxygen atoms in total. The third-order valence-electron chi connectivity index (χ3n) is 4.30. The van der Waals surface area contributed by atoms with Gasteiger partial charge < -0.3 is 19.9 Å². The molecule has 2 atom stereocenters. The monoisotopic (exact) mass is 291 g/mol. The predicted octanol–water partition coefficient (Wildman–Crippen LogP) is 2.26. The van der Waals surface area contributed by atoms with Gasteiger partial charge in [-0.15, -0.1) is 0 Å². The molecule has 0 unspecified atom stereocenters. The van der Waals surface area contributed by atoms with Gasteiger partial charge in [0, 0.05) is 5.41 Å². The van der Waals surface area contributed by atoms with Crippen molar-refractivity contribution in [3.05, 3.63) is 35.9 Å². The SMILES string of the molecule is CNCC[C@]1(c2ccc(OC)c(OC)c2)C=C[C@H](O)CC1. The number of methoxy groups -OCH3 is 2. The quantitative estimate of drug-likeness (QED) is 0.789. The van der Waals surface area contributed by atoms with Gasteiger partial charge in [-0.25, -0.2) is 0 Å². The van der Waals surface area contributed by atoms with Crippen molar-refractivity contribution in [2.75, 3.05) is 27.8 Å². The van der Waals surface area contributed by atoms with Crippen molar-refractivity contribution in [3.8, 4) is 11.5 Å². The van der Waals surface area contributed by atoms with Crippen LogP contribution in [0.1, 0.15) is 24.8 Å². The number of hydrogen-bond donors (Lipinski definition) is 2. The Bertz CT molecular complexity index is 501. The summed E-state index contributed by atoms with van der Waals surface area (Å²) < 4.78 is 10.7. The minimum Gasteiger partial charge on any atom is -0.493 e. The molecular formula is C17H25NO3. The van der Waals surface area contributed by atoms with Gasteiger partial charge in [-0.2, -0.15) is 0 Å². The molecule has 21 heavy (non-hydrogen) atoms. The van der Waals surface area contributed by atoms with Crippen LogP contribution < -0.4 is 14.8 Å². The van der Waals surface area contributed by atoms with Crippen LogP contribution in [0.5, 0.6) is 11.5 Å². The molecule has 1 aliphatic rings. The number of aliphatic hydroxyl groups excluding tert-OH is 1. The van der Waals surface area contributed by atoms with E-state index in [1.807, 2.05) is 19.2 Å². The van der Waals surface area contributed by atoms with Crippen LogP contribution in [-0.2, 0) is 5.41 Å². The molecule has 0 spiro atoms. The summed E-state index contributed by atoms with van der Waals surface area (Å²) in [4.78, 5) is 0. The van der Waals surface area contributed by atoms with Gasteiger partial charge in [0.25, 0.3) is 0 Å². The fraction of sp³-hybridized carbons (Fsp3) is 0.529. The van der Waals surface area contributed by atoms with Gasteiger partial charge in [-0.05, 0) is 50.6 Å². The molecule has 0 radical (unpaired) electrons. The number of nitrogens with one attached hydrogen (secondary N) is 1. The molecule has 0 saturated heterocycles. The van der Waals surface area contributed by atoms with E-state index in [4.69, 9.17) is 9.47 Å². The molecule has 1 aliphatic carbocycles. The number of allylic oxidation sites excluding steroid dienone is 1. The molecule has 0 amide bonds. The lowest BCUT2D eigenvalue weighted by Gasteiger charge is -2.35. The first kappa shape index (κ1) is 15.9. The van der Waals surface area contributed by atoms with Gasteiger partial charge in [0.2, 0.25) is 0 Å². The van der Waals surface area contributed by atoms with Gasteiger partial charge in [-0.1, -0.05) is 18.2 Å². The smallest absolute Gasteiger partial charge is 0.161 e. The van der Waals surface area contributed by atoms with Gasteiger partial charge in [0.1, 0.15) is 0 Å². The molecule has 1 aromatic carbocycles. The molecule has 0 saturated carbocycles. The van der Waals surface area contributed by atoms with Crippen LogP contribution in [-0.4, -0.2) is 39.0 Å². The molecule has 116 valence electrons. The largest absolute Gasteiger partial charge is 0.493 e. The molecule has 4 heteroatoms. The molecule has 2 rings (SSSR count). The summed E-state index contributed by atoms with van der Waals surface area (Å²) in [5.74, 6) is 1.49. The van der Waals surface area contributed by atoms with E-state index in [0.29, 0.717) is 0 Å². The van der Waals surface area contributed by atoms with Crippen molar-refractivity contribution in [3.63, 3.8) is 0 Å². The van der Waals surface area contributed by atoms with E-state index in [1.165, 1.54) is 5.56 Å². The van der Waals surface area contributed by atoms with Gasteiger partial charge in [0.15, 0.2) is 11.5 Å². The van der Waals surface area contributed by atoms with E-state index < -0.39 is 0 Å². The van der Waals surface area contributed by atoms with Crippen molar-refractivity contribution in [2.45, 2.75) is 30.8 Å². The zero-order valence-electron chi connectivity index (χ0n) is 13.1. The third kappa shape index (κ3) is 3.39. The maximum atomic E-state index is 9.75. The van der Waals surface area contributed by atoms with E-state index in [-0.39, 0.29) is 11.5 Å². The summed E-state index contributed by atoms with van der Waals surface area (Å²) >= 11 is 0. The Hall–Kier alpha value is -1.52. The first-order valence-corrected chi connectivity index (χ1v) is 7.40. The molecule has 2 N–H and O–H groups in total. The summed E-state index contributed by atoms with van der Waals surface area (Å²) in [7, 11) is 5.26. The minimum atomic E-state index is -0.326. The summed E-state index contributed by atoms with van der Waals surface area (Å²) in [5.41, 5.74) is 1.15. The summed E-state index contributed by atoms with van der Waals surface area (Å²) in [6, 6.07) is 6.10. The zero-order chi connectivity index (χ0) is 15.3. The number of ether oxygens (including phenoxy) is 2. The maximum Gasteiger partial charge on any atom is 0.161 e. The topological polar surface area (TPSA) is 50.7 Å². The molecule has 0 aliphatic heterocycles. The highest BCUT2D eigenvalue weighted by atomic mass is 16.5. The van der Waals surface area contributed by atoms with Gasteiger partial charge in [-0.3, -0.25) is 0 Å². The number of benzene rings is 1. The number of aliphatic hydroxyl groups is 1. The molecule has 0 fully saturated rings. The van der Waals surface area contributed by atoms with Crippen molar-refractivity contribution in [1.29, 1.82) is 0 Å². The third-order valence-corrected chi connectivity index (χ3v) is 4.30.